The molecule has 0 saturated carbocycles. The minimum absolute atomic E-state index is 0.183. The number of esters is 1. The largest absolute Gasteiger partial charge is 0.463 e. The van der Waals surface area contributed by atoms with Gasteiger partial charge in [0.25, 0.3) is 5.56 Å². The summed E-state index contributed by atoms with van der Waals surface area (Å²) in [5.74, 6) is -0.989. The van der Waals surface area contributed by atoms with Gasteiger partial charge in [-0.3, -0.25) is 9.36 Å². The van der Waals surface area contributed by atoms with Crippen LogP contribution in [-0.2, 0) is 9.53 Å². The van der Waals surface area contributed by atoms with Crippen molar-refractivity contribution < 1.29 is 13.9 Å². The lowest BCUT2D eigenvalue weighted by Gasteiger charge is -2.25. The Bertz CT molecular complexity index is 1390. The molecule has 0 aliphatic carbocycles. The molecule has 31 heavy (non-hydrogen) atoms. The number of carbonyl (C=O) groups excluding carboxylic acids is 1. The Labute approximate surface area is 186 Å². The van der Waals surface area contributed by atoms with Gasteiger partial charge in [-0.05, 0) is 37.6 Å². The van der Waals surface area contributed by atoms with Gasteiger partial charge in [0.1, 0.15) is 11.9 Å². The molecule has 5 nitrogen and oxygen atoms in total. The Morgan fingerprint density at radius 3 is 2.68 bits per heavy atom. The number of halogens is 2. The van der Waals surface area contributed by atoms with Gasteiger partial charge in [-0.25, -0.2) is 14.2 Å². The maximum atomic E-state index is 14.2. The Hall–Kier alpha value is -3.03. The van der Waals surface area contributed by atoms with Crippen molar-refractivity contribution in [3.63, 3.8) is 0 Å². The van der Waals surface area contributed by atoms with Gasteiger partial charge in [0.05, 0.1) is 22.4 Å². The van der Waals surface area contributed by atoms with E-state index in [-0.39, 0.29) is 17.7 Å². The standard InChI is InChI=1S/C23H18ClFN2O3S/c1-3-30-22(29)19-13(2)26-23-27(20(19)15-9-5-6-10-16(15)24)21(28)18(31-23)12-14-8-4-7-11-17(14)25/h4-12,20H,3H2,1-2H3. The summed E-state index contributed by atoms with van der Waals surface area (Å²) >= 11 is 7.59. The molecule has 0 saturated heterocycles. The van der Waals surface area contributed by atoms with Gasteiger partial charge in [0, 0.05) is 10.6 Å². The third kappa shape index (κ3) is 3.86. The zero-order valence-electron chi connectivity index (χ0n) is 16.8. The Morgan fingerprint density at radius 2 is 1.97 bits per heavy atom. The van der Waals surface area contributed by atoms with Crippen LogP contribution in [0.3, 0.4) is 0 Å². The highest BCUT2D eigenvalue weighted by molar-refractivity contribution is 7.07. The first-order valence-corrected chi connectivity index (χ1v) is 10.8. The van der Waals surface area contributed by atoms with E-state index >= 15 is 0 Å². The van der Waals surface area contributed by atoms with Crippen LogP contribution in [0.25, 0.3) is 6.08 Å². The van der Waals surface area contributed by atoms with Gasteiger partial charge >= 0.3 is 5.97 Å². The summed E-state index contributed by atoms with van der Waals surface area (Å²) in [5.41, 5.74) is 1.19. The first kappa shape index (κ1) is 21.2. The zero-order valence-corrected chi connectivity index (χ0v) is 18.3. The minimum Gasteiger partial charge on any atom is -0.463 e. The molecule has 0 radical (unpaired) electrons. The van der Waals surface area contributed by atoms with Crippen LogP contribution in [0.4, 0.5) is 4.39 Å². The molecule has 0 N–H and O–H groups in total. The average Bonchev–Trinajstić information content (AvgIpc) is 3.04. The van der Waals surface area contributed by atoms with Crippen LogP contribution in [0.5, 0.6) is 0 Å². The summed E-state index contributed by atoms with van der Waals surface area (Å²) in [4.78, 5) is 31.1. The average molecular weight is 457 g/mol. The smallest absolute Gasteiger partial charge is 0.338 e. The van der Waals surface area contributed by atoms with Gasteiger partial charge in [0.15, 0.2) is 4.80 Å². The van der Waals surface area contributed by atoms with Crippen LogP contribution in [0.1, 0.15) is 31.0 Å². The van der Waals surface area contributed by atoms with Crippen LogP contribution in [0.2, 0.25) is 5.02 Å². The zero-order chi connectivity index (χ0) is 22.1. The second-order valence-electron chi connectivity index (χ2n) is 6.85. The lowest BCUT2D eigenvalue weighted by molar-refractivity contribution is -0.139. The van der Waals surface area contributed by atoms with E-state index in [2.05, 4.69) is 4.99 Å². The minimum atomic E-state index is -0.799. The molecule has 158 valence electrons. The molecule has 1 aliphatic heterocycles. The number of thiazole rings is 1. The molecule has 4 rings (SSSR count). The lowest BCUT2D eigenvalue weighted by Crippen LogP contribution is -2.40. The topological polar surface area (TPSA) is 60.7 Å². The van der Waals surface area contributed by atoms with Gasteiger partial charge in [0.2, 0.25) is 0 Å². The molecule has 1 aliphatic rings. The van der Waals surface area contributed by atoms with Gasteiger partial charge in [-0.15, -0.1) is 0 Å². The Balaban J connectivity index is 2.00. The van der Waals surface area contributed by atoms with Crippen molar-refractivity contribution in [1.29, 1.82) is 0 Å². The van der Waals surface area contributed by atoms with E-state index in [9.17, 15) is 14.0 Å². The molecule has 1 unspecified atom stereocenters. The van der Waals surface area contributed by atoms with E-state index in [1.54, 1.807) is 56.3 Å². The van der Waals surface area contributed by atoms with Crippen molar-refractivity contribution in [3.05, 3.63) is 101 Å². The molecule has 0 spiro atoms. The number of nitrogens with zero attached hydrogens (tertiary/aromatic N) is 2. The fourth-order valence-electron chi connectivity index (χ4n) is 3.52. The monoisotopic (exact) mass is 456 g/mol. The first-order chi connectivity index (χ1) is 14.9. The van der Waals surface area contributed by atoms with Gasteiger partial charge in [-0.2, -0.15) is 0 Å². The third-order valence-corrected chi connectivity index (χ3v) is 6.24. The number of hydrogen-bond acceptors (Lipinski definition) is 5. The summed E-state index contributed by atoms with van der Waals surface area (Å²) in [6.07, 6.45) is 1.49. The Kier molecular flexibility index (Phi) is 5.89. The van der Waals surface area contributed by atoms with Crippen molar-refractivity contribution >= 4 is 35.0 Å². The number of rotatable bonds is 4. The second-order valence-corrected chi connectivity index (χ2v) is 8.26. The molecular weight excluding hydrogens is 439 g/mol. The summed E-state index contributed by atoms with van der Waals surface area (Å²) < 4.78 is 21.1. The van der Waals surface area contributed by atoms with E-state index < -0.39 is 17.8 Å². The molecule has 0 fully saturated rings. The van der Waals surface area contributed by atoms with E-state index in [4.69, 9.17) is 16.3 Å². The molecule has 1 aromatic heterocycles. The summed E-state index contributed by atoms with van der Waals surface area (Å²) in [6.45, 7) is 3.59. The number of aromatic nitrogens is 1. The van der Waals surface area contributed by atoms with Crippen LogP contribution >= 0.6 is 22.9 Å². The molecule has 1 atom stereocenters. The summed E-state index contributed by atoms with van der Waals surface area (Å²) in [5, 5.41) is 0.410. The van der Waals surface area contributed by atoms with Crippen LogP contribution in [0, 0.1) is 5.82 Å². The quantitative estimate of drug-likeness (QED) is 0.564. The Morgan fingerprint density at radius 1 is 1.26 bits per heavy atom. The van der Waals surface area contributed by atoms with E-state index in [0.29, 0.717) is 31.2 Å². The molecular formula is C23H18ClFN2O3S. The van der Waals surface area contributed by atoms with E-state index in [0.717, 1.165) is 11.3 Å². The summed E-state index contributed by atoms with van der Waals surface area (Å²) in [7, 11) is 0. The lowest BCUT2D eigenvalue weighted by atomic mass is 9.96. The fraction of sp³-hybridized carbons (Fsp3) is 0.174. The van der Waals surface area contributed by atoms with Crippen molar-refractivity contribution in [3.8, 4) is 0 Å². The predicted octanol–water partition coefficient (Wildman–Crippen LogP) is 3.59. The van der Waals surface area contributed by atoms with E-state index in [1.165, 1.54) is 16.7 Å². The molecule has 8 heteroatoms. The van der Waals surface area contributed by atoms with E-state index in [1.807, 2.05) is 0 Å². The third-order valence-electron chi connectivity index (χ3n) is 4.91. The normalized spacial score (nSPS) is 16.1. The number of hydrogen-bond donors (Lipinski definition) is 0. The number of allylic oxidation sites excluding steroid dienone is 1. The van der Waals surface area contributed by atoms with Crippen molar-refractivity contribution in [2.45, 2.75) is 19.9 Å². The maximum absolute atomic E-state index is 14.2. The number of ether oxygens (including phenoxy) is 1. The van der Waals surface area contributed by atoms with Crippen LogP contribution in [-0.4, -0.2) is 17.1 Å². The van der Waals surface area contributed by atoms with Crippen molar-refractivity contribution in [1.82, 2.24) is 4.57 Å². The highest BCUT2D eigenvalue weighted by Gasteiger charge is 2.34. The second kappa shape index (κ2) is 8.61. The molecule has 2 aromatic carbocycles. The van der Waals surface area contributed by atoms with Crippen LogP contribution < -0.4 is 14.9 Å². The number of benzene rings is 2. The first-order valence-electron chi connectivity index (χ1n) is 9.61. The highest BCUT2D eigenvalue weighted by Crippen LogP contribution is 2.34. The maximum Gasteiger partial charge on any atom is 0.338 e. The fourth-order valence-corrected chi connectivity index (χ4v) is 4.79. The molecule has 2 heterocycles. The molecule has 0 amide bonds. The number of fused-ring (bicyclic) bond motifs is 1. The predicted molar refractivity (Wildman–Crippen MR) is 118 cm³/mol. The summed E-state index contributed by atoms with van der Waals surface area (Å²) in [6, 6.07) is 12.4. The molecule has 3 aromatic rings. The number of carbonyl (C=O) groups is 1. The molecule has 0 bridgehead atoms. The highest BCUT2D eigenvalue weighted by atomic mass is 35.5. The van der Waals surface area contributed by atoms with Gasteiger partial charge < -0.3 is 4.74 Å². The van der Waals surface area contributed by atoms with Crippen molar-refractivity contribution in [2.24, 2.45) is 4.99 Å². The van der Waals surface area contributed by atoms with Gasteiger partial charge in [-0.1, -0.05) is 59.3 Å². The van der Waals surface area contributed by atoms with Crippen molar-refractivity contribution in [2.75, 3.05) is 6.61 Å². The van der Waals surface area contributed by atoms with Crippen LogP contribution in [0.15, 0.2) is 69.6 Å². The SMILES string of the molecule is CCOC(=O)C1=C(C)N=c2sc(=Cc3ccccc3F)c(=O)n2C1c1ccccc1Cl.